The summed E-state index contributed by atoms with van der Waals surface area (Å²) in [6, 6.07) is 22.4. The van der Waals surface area contributed by atoms with E-state index in [2.05, 4.69) is 17.4 Å². The van der Waals surface area contributed by atoms with Crippen LogP contribution in [0.2, 0.25) is 0 Å². The van der Waals surface area contributed by atoms with E-state index in [9.17, 15) is 24.9 Å². The van der Waals surface area contributed by atoms with E-state index >= 15 is 0 Å². The van der Waals surface area contributed by atoms with Crippen molar-refractivity contribution in [3.05, 3.63) is 95.1 Å². The molecule has 0 heterocycles. The molecule has 3 aromatic rings. The smallest absolute Gasteiger partial charge is 0.407 e. The molecule has 0 spiro atoms. The van der Waals surface area contributed by atoms with E-state index in [0.717, 1.165) is 22.3 Å². The predicted molar refractivity (Wildman–Crippen MR) is 131 cm³/mol. The van der Waals surface area contributed by atoms with Crippen molar-refractivity contribution in [2.45, 2.75) is 37.4 Å². The number of fused-ring (bicyclic) bond motifs is 3. The number of hydrogen-bond donors (Lipinski definition) is 4. The molecule has 0 aromatic heterocycles. The van der Waals surface area contributed by atoms with E-state index in [1.54, 1.807) is 38.1 Å². The van der Waals surface area contributed by atoms with E-state index in [1.165, 1.54) is 0 Å². The van der Waals surface area contributed by atoms with Crippen LogP contribution >= 0.6 is 0 Å². The lowest BCUT2D eigenvalue weighted by atomic mass is 9.84. The average molecular weight is 476 g/mol. The van der Waals surface area contributed by atoms with Gasteiger partial charge in [-0.05, 0) is 47.2 Å². The minimum absolute atomic E-state index is 0.0720. The monoisotopic (exact) mass is 475 g/mol. The van der Waals surface area contributed by atoms with Crippen molar-refractivity contribution in [2.75, 3.05) is 13.2 Å². The zero-order valence-corrected chi connectivity index (χ0v) is 19.6. The summed E-state index contributed by atoms with van der Waals surface area (Å²) in [6.45, 7) is 3.13. The molecule has 1 amide bonds. The molecule has 7 heteroatoms. The Labute approximate surface area is 204 Å². The van der Waals surface area contributed by atoms with Crippen LogP contribution in [-0.4, -0.2) is 46.6 Å². The number of aliphatic hydroxyl groups excluding tert-OH is 2. The number of benzene rings is 3. The minimum atomic E-state index is -1.27. The van der Waals surface area contributed by atoms with Gasteiger partial charge in [0.15, 0.2) is 0 Å². The molecule has 0 bridgehead atoms. The number of carbonyl (C=O) groups excluding carboxylic acids is 1. The van der Waals surface area contributed by atoms with Gasteiger partial charge in [0.2, 0.25) is 0 Å². The van der Waals surface area contributed by atoms with E-state index in [1.807, 2.05) is 36.4 Å². The first kappa shape index (κ1) is 24.4. The van der Waals surface area contributed by atoms with Gasteiger partial charge in [-0.2, -0.15) is 0 Å². The van der Waals surface area contributed by atoms with E-state index in [0.29, 0.717) is 11.1 Å². The average Bonchev–Trinajstić information content (AvgIpc) is 3.19. The molecular weight excluding hydrogens is 446 g/mol. The van der Waals surface area contributed by atoms with Gasteiger partial charge >= 0.3 is 12.1 Å². The SMILES string of the molecule is CC(C)(C(=O)O)c1ccc(C(O)C(O)CNC(=O)OCC2c3ccccc3-c3ccccc32)cc1. The van der Waals surface area contributed by atoms with Crippen molar-refractivity contribution in [3.63, 3.8) is 0 Å². The molecule has 35 heavy (non-hydrogen) atoms. The second-order valence-electron chi connectivity index (χ2n) is 9.27. The second-order valence-corrected chi connectivity index (χ2v) is 9.27. The Balaban J connectivity index is 1.32. The number of hydrogen-bond acceptors (Lipinski definition) is 5. The molecule has 7 nitrogen and oxygen atoms in total. The first-order valence-electron chi connectivity index (χ1n) is 11.5. The summed E-state index contributed by atoms with van der Waals surface area (Å²) in [5.41, 5.74) is 4.39. The number of amides is 1. The topological polar surface area (TPSA) is 116 Å². The Morgan fingerprint density at radius 1 is 0.914 bits per heavy atom. The summed E-state index contributed by atoms with van der Waals surface area (Å²) in [5.74, 6) is -1.03. The molecular formula is C28H29NO6. The summed E-state index contributed by atoms with van der Waals surface area (Å²) in [4.78, 5) is 23.7. The zero-order chi connectivity index (χ0) is 25.2. The van der Waals surface area contributed by atoms with Gasteiger partial charge in [-0.1, -0.05) is 72.8 Å². The van der Waals surface area contributed by atoms with E-state index in [4.69, 9.17) is 4.74 Å². The van der Waals surface area contributed by atoms with Crippen LogP contribution in [0.1, 0.15) is 48.1 Å². The molecule has 1 aliphatic carbocycles. The Bertz CT molecular complexity index is 1170. The van der Waals surface area contributed by atoms with Crippen molar-refractivity contribution in [1.82, 2.24) is 5.32 Å². The highest BCUT2D eigenvalue weighted by Crippen LogP contribution is 2.44. The highest BCUT2D eigenvalue weighted by atomic mass is 16.5. The number of aliphatic carboxylic acids is 1. The second kappa shape index (κ2) is 9.90. The summed E-state index contributed by atoms with van der Waals surface area (Å²) in [6.07, 6.45) is -3.21. The lowest BCUT2D eigenvalue weighted by Gasteiger charge is -2.22. The molecule has 2 atom stereocenters. The number of carboxylic acids is 1. The van der Waals surface area contributed by atoms with Crippen LogP contribution in [0.25, 0.3) is 11.1 Å². The third-order valence-corrected chi connectivity index (χ3v) is 6.67. The normalized spacial score (nSPS) is 14.5. The van der Waals surface area contributed by atoms with Gasteiger partial charge in [0.1, 0.15) is 18.8 Å². The molecule has 0 saturated carbocycles. The molecule has 2 unspecified atom stereocenters. The Morgan fingerprint density at radius 2 is 1.46 bits per heavy atom. The molecule has 4 N–H and O–H groups in total. The maximum Gasteiger partial charge on any atom is 0.407 e. The Morgan fingerprint density at radius 3 is 2.00 bits per heavy atom. The van der Waals surface area contributed by atoms with Crippen LogP contribution in [0, 0.1) is 0 Å². The van der Waals surface area contributed by atoms with Gasteiger partial charge in [0.25, 0.3) is 0 Å². The van der Waals surface area contributed by atoms with Crippen LogP contribution in [0.3, 0.4) is 0 Å². The first-order valence-corrected chi connectivity index (χ1v) is 11.5. The molecule has 1 aliphatic rings. The lowest BCUT2D eigenvalue weighted by molar-refractivity contribution is -0.142. The number of nitrogens with one attached hydrogen (secondary N) is 1. The van der Waals surface area contributed by atoms with Gasteiger partial charge in [0, 0.05) is 12.5 Å². The van der Waals surface area contributed by atoms with Crippen molar-refractivity contribution >= 4 is 12.1 Å². The molecule has 0 saturated heterocycles. The fourth-order valence-electron chi connectivity index (χ4n) is 4.39. The van der Waals surface area contributed by atoms with Crippen LogP contribution in [-0.2, 0) is 14.9 Å². The molecule has 0 aliphatic heterocycles. The summed E-state index contributed by atoms with van der Waals surface area (Å²) in [7, 11) is 0. The molecule has 0 radical (unpaired) electrons. The quantitative estimate of drug-likeness (QED) is 0.392. The lowest BCUT2D eigenvalue weighted by Crippen LogP contribution is -2.36. The number of carbonyl (C=O) groups is 2. The van der Waals surface area contributed by atoms with E-state index in [-0.39, 0.29) is 19.1 Å². The van der Waals surface area contributed by atoms with Gasteiger partial charge in [-0.15, -0.1) is 0 Å². The molecule has 0 fully saturated rings. The van der Waals surface area contributed by atoms with Crippen LogP contribution in [0.5, 0.6) is 0 Å². The fraction of sp³-hybridized carbons (Fsp3) is 0.286. The molecule has 4 rings (SSSR count). The highest BCUT2D eigenvalue weighted by Gasteiger charge is 2.31. The maximum atomic E-state index is 12.3. The van der Waals surface area contributed by atoms with Crippen LogP contribution in [0.4, 0.5) is 4.79 Å². The van der Waals surface area contributed by atoms with Crippen molar-refractivity contribution in [1.29, 1.82) is 0 Å². The summed E-state index contributed by atoms with van der Waals surface area (Å²) < 4.78 is 5.45. The molecule has 3 aromatic carbocycles. The molecule has 182 valence electrons. The van der Waals surface area contributed by atoms with Crippen molar-refractivity contribution in [3.8, 4) is 11.1 Å². The maximum absolute atomic E-state index is 12.3. The van der Waals surface area contributed by atoms with Gasteiger partial charge < -0.3 is 25.4 Å². The predicted octanol–water partition coefficient (Wildman–Crippen LogP) is 3.98. The van der Waals surface area contributed by atoms with Crippen LogP contribution < -0.4 is 5.32 Å². The fourth-order valence-corrected chi connectivity index (χ4v) is 4.39. The first-order chi connectivity index (χ1) is 16.7. The minimum Gasteiger partial charge on any atom is -0.481 e. The number of ether oxygens (including phenoxy) is 1. The number of aliphatic hydroxyl groups is 2. The highest BCUT2D eigenvalue weighted by molar-refractivity contribution is 5.80. The van der Waals surface area contributed by atoms with Crippen LogP contribution in [0.15, 0.2) is 72.8 Å². The largest absolute Gasteiger partial charge is 0.481 e. The third-order valence-electron chi connectivity index (χ3n) is 6.67. The Hall–Kier alpha value is -3.68. The standard InChI is InChI=1S/C28H29NO6/c1-28(2,26(32)33)18-13-11-17(12-14-18)25(31)24(30)15-29-27(34)35-16-23-21-9-5-3-7-19(21)20-8-4-6-10-22(20)23/h3-14,23-25,30-31H,15-16H2,1-2H3,(H,29,34)(H,32,33). The van der Waals surface area contributed by atoms with Gasteiger partial charge in [0.05, 0.1) is 5.41 Å². The van der Waals surface area contributed by atoms with Gasteiger partial charge in [-0.3, -0.25) is 4.79 Å². The number of rotatable bonds is 8. The van der Waals surface area contributed by atoms with Crippen molar-refractivity contribution in [2.24, 2.45) is 0 Å². The Kier molecular flexibility index (Phi) is 6.91. The number of alkyl carbamates (subject to hydrolysis) is 1. The summed E-state index contributed by atoms with van der Waals surface area (Å²) >= 11 is 0. The zero-order valence-electron chi connectivity index (χ0n) is 19.6. The summed E-state index contributed by atoms with van der Waals surface area (Å²) in [5, 5.41) is 32.7. The number of carboxylic acid groups (broad SMARTS) is 1. The van der Waals surface area contributed by atoms with Gasteiger partial charge in [-0.25, -0.2) is 4.79 Å². The third kappa shape index (κ3) is 4.92. The van der Waals surface area contributed by atoms with E-state index < -0.39 is 29.7 Å². The van der Waals surface area contributed by atoms with Crippen molar-refractivity contribution < 1.29 is 29.6 Å².